The van der Waals surface area contributed by atoms with E-state index in [-0.39, 0.29) is 6.04 Å². The van der Waals surface area contributed by atoms with Crippen molar-refractivity contribution in [1.82, 2.24) is 0 Å². The van der Waals surface area contributed by atoms with E-state index in [1.54, 1.807) is 0 Å². The first kappa shape index (κ1) is 14.2. The molecule has 0 aliphatic heterocycles. The highest BCUT2D eigenvalue weighted by Crippen LogP contribution is 2.32. The van der Waals surface area contributed by atoms with E-state index in [4.69, 9.17) is 10.5 Å². The Bertz CT molecular complexity index is 589. The smallest absolute Gasteiger partial charge is 0.119 e. The predicted octanol–water partition coefficient (Wildman–Crippen LogP) is 4.21. The lowest BCUT2D eigenvalue weighted by Gasteiger charge is -2.25. The van der Waals surface area contributed by atoms with Crippen molar-refractivity contribution in [2.45, 2.75) is 38.1 Å². The van der Waals surface area contributed by atoms with Gasteiger partial charge in [-0.05, 0) is 55.0 Å². The maximum Gasteiger partial charge on any atom is 0.119 e. The third kappa shape index (κ3) is 3.27. The zero-order valence-corrected chi connectivity index (χ0v) is 12.6. The third-order valence-electron chi connectivity index (χ3n) is 4.35. The van der Waals surface area contributed by atoms with E-state index in [0.29, 0.717) is 5.92 Å². The molecule has 0 saturated carbocycles. The van der Waals surface area contributed by atoms with Crippen molar-refractivity contribution in [3.63, 3.8) is 0 Å². The van der Waals surface area contributed by atoms with Crippen molar-refractivity contribution >= 4 is 0 Å². The molecular weight excluding hydrogens is 258 g/mol. The molecule has 0 radical (unpaired) electrons. The van der Waals surface area contributed by atoms with Crippen molar-refractivity contribution in [3.8, 4) is 5.75 Å². The van der Waals surface area contributed by atoms with E-state index in [9.17, 15) is 0 Å². The highest BCUT2D eigenvalue weighted by Gasteiger charge is 2.20. The Balaban J connectivity index is 1.66. The summed E-state index contributed by atoms with van der Waals surface area (Å²) in [5, 5.41) is 0. The second-order valence-electron chi connectivity index (χ2n) is 5.96. The molecule has 0 amide bonds. The van der Waals surface area contributed by atoms with Crippen LogP contribution in [-0.4, -0.2) is 6.61 Å². The van der Waals surface area contributed by atoms with Crippen LogP contribution in [0.1, 0.15) is 48.4 Å². The number of hydrogen-bond acceptors (Lipinski definition) is 2. The summed E-state index contributed by atoms with van der Waals surface area (Å²) in [7, 11) is 0. The van der Waals surface area contributed by atoms with Gasteiger partial charge in [0, 0.05) is 12.0 Å². The Labute approximate surface area is 126 Å². The fourth-order valence-corrected chi connectivity index (χ4v) is 3.09. The molecule has 0 spiro atoms. The highest BCUT2D eigenvalue weighted by molar-refractivity contribution is 5.33. The van der Waals surface area contributed by atoms with Crippen LogP contribution >= 0.6 is 0 Å². The number of nitrogens with two attached hydrogens (primary N) is 1. The second-order valence-corrected chi connectivity index (χ2v) is 5.96. The molecule has 3 rings (SSSR count). The summed E-state index contributed by atoms with van der Waals surface area (Å²) in [6.07, 6.45) is 3.68. The topological polar surface area (TPSA) is 35.2 Å². The molecule has 1 aliphatic rings. The average Bonchev–Trinajstić information content (AvgIpc) is 2.53. The lowest BCUT2D eigenvalue weighted by Crippen LogP contribution is -2.16. The molecule has 2 nitrogen and oxygen atoms in total. The van der Waals surface area contributed by atoms with Crippen molar-refractivity contribution in [1.29, 1.82) is 0 Å². The first-order valence-electron chi connectivity index (χ1n) is 7.80. The number of aryl methyl sites for hydroxylation is 1. The molecule has 1 aliphatic carbocycles. The van der Waals surface area contributed by atoms with E-state index in [2.05, 4.69) is 36.4 Å². The number of ether oxygens (including phenoxy) is 1. The van der Waals surface area contributed by atoms with Gasteiger partial charge in [-0.25, -0.2) is 0 Å². The van der Waals surface area contributed by atoms with Gasteiger partial charge in [-0.1, -0.05) is 36.4 Å². The molecule has 21 heavy (non-hydrogen) atoms. The Hall–Kier alpha value is -1.80. The molecule has 0 heterocycles. The Morgan fingerprint density at radius 2 is 1.90 bits per heavy atom. The molecule has 2 aromatic carbocycles. The molecule has 0 bridgehead atoms. The molecule has 2 atom stereocenters. The average molecular weight is 281 g/mol. The van der Waals surface area contributed by atoms with Gasteiger partial charge in [0.15, 0.2) is 0 Å². The minimum Gasteiger partial charge on any atom is -0.493 e. The molecule has 0 aromatic heterocycles. The van der Waals surface area contributed by atoms with Gasteiger partial charge >= 0.3 is 0 Å². The Morgan fingerprint density at radius 3 is 2.67 bits per heavy atom. The lowest BCUT2D eigenvalue weighted by atomic mass is 9.83. The maximum atomic E-state index is 6.00. The first-order chi connectivity index (χ1) is 10.2. The minimum absolute atomic E-state index is 0.0734. The summed E-state index contributed by atoms with van der Waals surface area (Å²) >= 11 is 0. The fourth-order valence-electron chi connectivity index (χ4n) is 3.09. The summed E-state index contributed by atoms with van der Waals surface area (Å²) in [6.45, 7) is 2.75. The van der Waals surface area contributed by atoms with E-state index in [1.807, 2.05) is 19.1 Å². The predicted molar refractivity (Wildman–Crippen MR) is 86.7 cm³/mol. The fraction of sp³-hybridized carbons (Fsp3) is 0.368. The molecule has 1 unspecified atom stereocenters. The molecule has 0 saturated heterocycles. The van der Waals surface area contributed by atoms with Gasteiger partial charge in [-0.2, -0.15) is 0 Å². The quantitative estimate of drug-likeness (QED) is 0.911. The zero-order valence-electron chi connectivity index (χ0n) is 12.6. The monoisotopic (exact) mass is 281 g/mol. The summed E-state index contributed by atoms with van der Waals surface area (Å²) in [4.78, 5) is 0. The van der Waals surface area contributed by atoms with Crippen LogP contribution in [0.15, 0.2) is 48.5 Å². The molecular formula is C19H23NO. The highest BCUT2D eigenvalue weighted by atomic mass is 16.5. The van der Waals surface area contributed by atoms with E-state index >= 15 is 0 Å². The summed E-state index contributed by atoms with van der Waals surface area (Å²) in [5.74, 6) is 1.45. The van der Waals surface area contributed by atoms with Crippen molar-refractivity contribution in [2.24, 2.45) is 5.73 Å². The second kappa shape index (κ2) is 6.31. The van der Waals surface area contributed by atoms with Crippen LogP contribution in [0.3, 0.4) is 0 Å². The standard InChI is InChI=1S/C19H23NO/c1-14(20)15-9-11-18(12-10-15)21-13-17-7-4-6-16-5-2-3-8-19(16)17/h2-3,5,8-12,14,17H,4,6-7,13,20H2,1H3/t14-,17?/m0/s1. The molecule has 0 fully saturated rings. The largest absolute Gasteiger partial charge is 0.493 e. The van der Waals surface area contributed by atoms with Gasteiger partial charge in [0.2, 0.25) is 0 Å². The van der Waals surface area contributed by atoms with Crippen molar-refractivity contribution in [3.05, 3.63) is 65.2 Å². The van der Waals surface area contributed by atoms with Gasteiger partial charge in [0.1, 0.15) is 5.75 Å². The normalized spacial score (nSPS) is 18.9. The summed E-state index contributed by atoms with van der Waals surface area (Å²) in [6, 6.07) is 17.0. The molecule has 2 aromatic rings. The number of benzene rings is 2. The Kier molecular flexibility index (Phi) is 4.26. The van der Waals surface area contributed by atoms with Crippen molar-refractivity contribution in [2.75, 3.05) is 6.61 Å². The molecule has 2 N–H and O–H groups in total. The van der Waals surface area contributed by atoms with Gasteiger partial charge in [0.05, 0.1) is 6.61 Å². The maximum absolute atomic E-state index is 6.00. The van der Waals surface area contributed by atoms with Gasteiger partial charge in [0.25, 0.3) is 0 Å². The Morgan fingerprint density at radius 1 is 1.14 bits per heavy atom. The third-order valence-corrected chi connectivity index (χ3v) is 4.35. The minimum atomic E-state index is 0.0734. The van der Waals surface area contributed by atoms with Crippen LogP contribution in [0.5, 0.6) is 5.75 Å². The van der Waals surface area contributed by atoms with Crippen LogP contribution in [0.2, 0.25) is 0 Å². The van der Waals surface area contributed by atoms with Crippen LogP contribution in [0.4, 0.5) is 0 Å². The summed E-state index contributed by atoms with van der Waals surface area (Å²) < 4.78 is 6.00. The van der Waals surface area contributed by atoms with Crippen molar-refractivity contribution < 1.29 is 4.74 Å². The van der Waals surface area contributed by atoms with Gasteiger partial charge in [-0.3, -0.25) is 0 Å². The van der Waals surface area contributed by atoms with Gasteiger partial charge < -0.3 is 10.5 Å². The zero-order chi connectivity index (χ0) is 14.7. The molecule has 2 heteroatoms. The number of fused-ring (bicyclic) bond motifs is 1. The van der Waals surface area contributed by atoms with E-state index in [1.165, 1.54) is 30.4 Å². The summed E-state index contributed by atoms with van der Waals surface area (Å²) in [5.41, 5.74) is 9.97. The lowest BCUT2D eigenvalue weighted by molar-refractivity contribution is 0.274. The van der Waals surface area contributed by atoms with E-state index < -0.39 is 0 Å². The van der Waals surface area contributed by atoms with Crippen LogP contribution in [-0.2, 0) is 6.42 Å². The first-order valence-corrected chi connectivity index (χ1v) is 7.80. The molecule has 110 valence electrons. The van der Waals surface area contributed by atoms with Gasteiger partial charge in [-0.15, -0.1) is 0 Å². The number of hydrogen-bond donors (Lipinski definition) is 1. The van der Waals surface area contributed by atoms with Crippen LogP contribution in [0.25, 0.3) is 0 Å². The van der Waals surface area contributed by atoms with E-state index in [0.717, 1.165) is 17.9 Å². The number of rotatable bonds is 4. The van der Waals surface area contributed by atoms with Crippen LogP contribution < -0.4 is 10.5 Å². The van der Waals surface area contributed by atoms with Crippen LogP contribution in [0, 0.1) is 0 Å². The SMILES string of the molecule is C[C@H](N)c1ccc(OCC2CCCc3ccccc32)cc1.